The van der Waals surface area contributed by atoms with Crippen LogP contribution >= 0.6 is 15.2 Å². The van der Waals surface area contributed by atoms with Crippen LogP contribution in [-0.4, -0.2) is 25.0 Å². The highest BCUT2D eigenvalue weighted by Crippen LogP contribution is 2.62. The highest BCUT2D eigenvalue weighted by molar-refractivity contribution is 7.70. The molecule has 0 saturated heterocycles. The fourth-order valence-corrected chi connectivity index (χ4v) is 4.12. The molecule has 0 aliphatic carbocycles. The molecule has 0 aromatic carbocycles. The Balaban J connectivity index is 4.98. The summed E-state index contributed by atoms with van der Waals surface area (Å²) >= 11 is 0. The van der Waals surface area contributed by atoms with Crippen LogP contribution in [0.4, 0.5) is 0 Å². The summed E-state index contributed by atoms with van der Waals surface area (Å²) in [6, 6.07) is 0. The van der Waals surface area contributed by atoms with Crippen LogP contribution in [-0.2, 0) is 9.13 Å². The van der Waals surface area contributed by atoms with Crippen molar-refractivity contribution in [1.82, 2.24) is 0 Å². The monoisotopic (exact) mass is 246 g/mol. The Morgan fingerprint density at radius 2 is 1.29 bits per heavy atom. The van der Waals surface area contributed by atoms with Crippen LogP contribution in [0.2, 0.25) is 0 Å². The summed E-state index contributed by atoms with van der Waals surface area (Å²) in [4.78, 5) is 35.2. The SMILES string of the molecule is CC(C)(C)CC(P(=O)(O)O)P(=O)(O)O. The second-order valence-corrected chi connectivity index (χ2v) is 8.43. The van der Waals surface area contributed by atoms with Gasteiger partial charge < -0.3 is 19.6 Å². The van der Waals surface area contributed by atoms with Gasteiger partial charge in [-0.25, -0.2) is 0 Å². The van der Waals surface area contributed by atoms with Crippen molar-refractivity contribution in [1.29, 1.82) is 0 Å². The quantitative estimate of drug-likeness (QED) is 0.554. The Kier molecular flexibility index (Phi) is 4.13. The maximum atomic E-state index is 10.9. The van der Waals surface area contributed by atoms with Crippen molar-refractivity contribution in [2.45, 2.75) is 32.6 Å². The molecule has 0 rings (SSSR count). The molecule has 0 unspecified atom stereocenters. The van der Waals surface area contributed by atoms with Crippen molar-refractivity contribution in [2.75, 3.05) is 0 Å². The van der Waals surface area contributed by atoms with E-state index in [1.54, 1.807) is 20.8 Å². The van der Waals surface area contributed by atoms with E-state index in [-0.39, 0.29) is 6.42 Å². The third-order valence-electron chi connectivity index (χ3n) is 1.57. The molecule has 6 nitrogen and oxygen atoms in total. The first-order valence-electron chi connectivity index (χ1n) is 3.94. The molecule has 0 heterocycles. The second-order valence-electron chi connectivity index (χ2n) is 4.42. The minimum atomic E-state index is -4.76. The van der Waals surface area contributed by atoms with Gasteiger partial charge in [0.15, 0.2) is 5.40 Å². The maximum Gasteiger partial charge on any atom is 0.340 e. The molecule has 0 amide bonds. The van der Waals surface area contributed by atoms with Gasteiger partial charge >= 0.3 is 15.2 Å². The molecular weight excluding hydrogens is 230 g/mol. The van der Waals surface area contributed by atoms with Crippen LogP contribution < -0.4 is 0 Å². The average Bonchev–Trinajstić information content (AvgIpc) is 1.75. The minimum absolute atomic E-state index is 0.221. The fraction of sp³-hybridized carbons (Fsp3) is 1.00. The minimum Gasteiger partial charge on any atom is -0.324 e. The molecule has 0 bridgehead atoms. The second kappa shape index (κ2) is 4.05. The van der Waals surface area contributed by atoms with E-state index < -0.39 is 26.0 Å². The number of hydrogen-bond donors (Lipinski definition) is 4. The third-order valence-corrected chi connectivity index (χ3v) is 5.29. The lowest BCUT2D eigenvalue weighted by atomic mass is 9.93. The summed E-state index contributed by atoms with van der Waals surface area (Å²) in [5.41, 5.74) is -0.549. The zero-order chi connectivity index (χ0) is 11.8. The Morgan fingerprint density at radius 1 is 1.00 bits per heavy atom. The summed E-state index contributed by atoms with van der Waals surface area (Å²) in [6.45, 7) is 4.97. The predicted molar refractivity (Wildman–Crippen MR) is 51.9 cm³/mol. The van der Waals surface area contributed by atoms with Gasteiger partial charge in [0.05, 0.1) is 0 Å². The lowest BCUT2D eigenvalue weighted by molar-refractivity contribution is 0.303. The van der Waals surface area contributed by atoms with Crippen molar-refractivity contribution in [3.8, 4) is 0 Å². The summed E-state index contributed by atoms with van der Waals surface area (Å²) in [5.74, 6) is 0. The van der Waals surface area contributed by atoms with Crippen LogP contribution in [0.5, 0.6) is 0 Å². The van der Waals surface area contributed by atoms with Crippen molar-refractivity contribution in [2.24, 2.45) is 5.41 Å². The standard InChI is InChI=1S/C6H16O6P2/c1-6(2,3)4-5(13(7,8)9)14(10,11)12/h5H,4H2,1-3H3,(H2,7,8,9)(H2,10,11,12). The highest BCUT2D eigenvalue weighted by Gasteiger charge is 2.45. The number of hydrogen-bond acceptors (Lipinski definition) is 2. The first-order valence-corrected chi connectivity index (χ1v) is 7.31. The Hall–Kier alpha value is 0.300. The summed E-state index contributed by atoms with van der Waals surface area (Å²) < 4.78 is 21.7. The first kappa shape index (κ1) is 14.3. The fourth-order valence-electron chi connectivity index (χ4n) is 0.982. The first-order chi connectivity index (χ1) is 5.84. The Morgan fingerprint density at radius 3 is 1.36 bits per heavy atom. The van der Waals surface area contributed by atoms with Gasteiger partial charge in [-0.2, -0.15) is 0 Å². The van der Waals surface area contributed by atoms with Crippen LogP contribution in [0.1, 0.15) is 27.2 Å². The predicted octanol–water partition coefficient (Wildman–Crippen LogP) is 1.10. The molecule has 86 valence electrons. The van der Waals surface area contributed by atoms with Gasteiger partial charge in [0.2, 0.25) is 0 Å². The van der Waals surface area contributed by atoms with E-state index in [0.29, 0.717) is 0 Å². The molecule has 0 saturated carbocycles. The lowest BCUT2D eigenvalue weighted by Crippen LogP contribution is -2.18. The van der Waals surface area contributed by atoms with Crippen LogP contribution in [0.3, 0.4) is 0 Å². The highest BCUT2D eigenvalue weighted by atomic mass is 31.2. The molecule has 0 fully saturated rings. The third kappa shape index (κ3) is 5.25. The molecule has 0 radical (unpaired) electrons. The molecule has 0 aromatic rings. The average molecular weight is 246 g/mol. The van der Waals surface area contributed by atoms with E-state index in [0.717, 1.165) is 0 Å². The van der Waals surface area contributed by atoms with Crippen molar-refractivity contribution in [3.63, 3.8) is 0 Å². The number of rotatable bonds is 3. The van der Waals surface area contributed by atoms with E-state index in [4.69, 9.17) is 19.6 Å². The molecule has 8 heteroatoms. The van der Waals surface area contributed by atoms with E-state index in [1.165, 1.54) is 0 Å². The van der Waals surface area contributed by atoms with Gasteiger partial charge in [0.25, 0.3) is 0 Å². The molecular formula is C6H16O6P2. The molecule has 0 spiro atoms. The van der Waals surface area contributed by atoms with Gasteiger partial charge in [-0.05, 0) is 11.8 Å². The molecule has 4 N–H and O–H groups in total. The van der Waals surface area contributed by atoms with E-state index in [9.17, 15) is 9.13 Å². The van der Waals surface area contributed by atoms with Gasteiger partial charge in [0, 0.05) is 0 Å². The van der Waals surface area contributed by atoms with Gasteiger partial charge in [-0.15, -0.1) is 0 Å². The van der Waals surface area contributed by atoms with Crippen molar-refractivity contribution < 1.29 is 28.7 Å². The van der Waals surface area contributed by atoms with E-state index in [2.05, 4.69) is 0 Å². The summed E-state index contributed by atoms with van der Waals surface area (Å²) in [7, 11) is -9.51. The smallest absolute Gasteiger partial charge is 0.324 e. The largest absolute Gasteiger partial charge is 0.340 e. The van der Waals surface area contributed by atoms with Crippen molar-refractivity contribution >= 4 is 15.2 Å². The summed E-state index contributed by atoms with van der Waals surface area (Å²) in [5, 5.41) is -1.89. The Bertz CT molecular complexity index is 259. The molecule has 0 aromatic heterocycles. The van der Waals surface area contributed by atoms with Gasteiger partial charge in [-0.3, -0.25) is 9.13 Å². The van der Waals surface area contributed by atoms with E-state index in [1.807, 2.05) is 0 Å². The van der Waals surface area contributed by atoms with Crippen LogP contribution in [0.15, 0.2) is 0 Å². The van der Waals surface area contributed by atoms with Crippen LogP contribution in [0.25, 0.3) is 0 Å². The van der Waals surface area contributed by atoms with Gasteiger partial charge in [-0.1, -0.05) is 20.8 Å². The maximum absolute atomic E-state index is 10.9. The molecule has 0 aliphatic heterocycles. The molecule has 14 heavy (non-hydrogen) atoms. The zero-order valence-electron chi connectivity index (χ0n) is 8.28. The molecule has 0 atom stereocenters. The summed E-state index contributed by atoms with van der Waals surface area (Å²) in [6.07, 6.45) is -0.221. The zero-order valence-corrected chi connectivity index (χ0v) is 10.1. The normalized spacial score (nSPS) is 14.9. The van der Waals surface area contributed by atoms with Gasteiger partial charge in [0.1, 0.15) is 0 Å². The molecule has 0 aliphatic rings. The van der Waals surface area contributed by atoms with Crippen molar-refractivity contribution in [3.05, 3.63) is 0 Å². The van der Waals surface area contributed by atoms with Crippen LogP contribution in [0, 0.1) is 5.41 Å². The Labute approximate surface area is 82.7 Å². The topological polar surface area (TPSA) is 115 Å². The van der Waals surface area contributed by atoms with E-state index >= 15 is 0 Å². The lowest BCUT2D eigenvalue weighted by Gasteiger charge is -2.26.